The second-order valence-electron chi connectivity index (χ2n) is 11.2. The molecule has 2 saturated heterocycles. The van der Waals surface area contributed by atoms with Crippen molar-refractivity contribution in [1.29, 1.82) is 0 Å². The van der Waals surface area contributed by atoms with Crippen LogP contribution < -0.4 is 0 Å². The summed E-state index contributed by atoms with van der Waals surface area (Å²) < 4.78 is 18.1. The maximum Gasteiger partial charge on any atom is 0.306 e. The molecule has 3 aliphatic rings. The van der Waals surface area contributed by atoms with Crippen LogP contribution in [0.4, 0.5) is 0 Å². The molecule has 0 aromatic carbocycles. The van der Waals surface area contributed by atoms with Crippen LogP contribution >= 0.6 is 0 Å². The van der Waals surface area contributed by atoms with Gasteiger partial charge in [0.25, 0.3) is 0 Å². The smallest absolute Gasteiger partial charge is 0.306 e. The monoisotopic (exact) mass is 482 g/mol. The Morgan fingerprint density at radius 3 is 2.47 bits per heavy atom. The molecule has 0 amide bonds. The molecule has 2 bridgehead atoms. The van der Waals surface area contributed by atoms with Gasteiger partial charge in [0.05, 0.1) is 12.2 Å². The Hall–Kier alpha value is -1.48. The average molecular weight is 483 g/mol. The topological polar surface area (TPSA) is 123 Å². The van der Waals surface area contributed by atoms with Crippen molar-refractivity contribution in [2.24, 2.45) is 23.7 Å². The summed E-state index contributed by atoms with van der Waals surface area (Å²) in [5.74, 6) is -1.85. The summed E-state index contributed by atoms with van der Waals surface area (Å²) in [4.78, 5) is 24.4. The van der Waals surface area contributed by atoms with Crippen LogP contribution in [0.5, 0.6) is 0 Å². The average Bonchev–Trinajstić information content (AvgIpc) is 2.72. The van der Waals surface area contributed by atoms with Gasteiger partial charge in [-0.25, -0.2) is 0 Å². The first-order chi connectivity index (χ1) is 15.7. The molecule has 3 N–H and O–H groups in total. The number of carbonyl (C=O) groups excluding carboxylic acids is 2. The SMILES string of the molecule is C=C1[C@@H]2[C@@H](O)[C@H](O)[C@@](C)(O)[C@@H]3CC[C@@](C)(OC(=O)CCC)[C@H](O3)[C@@H]2[C@@H](C(C)C)C[C@@H]1OC(C)=O. The van der Waals surface area contributed by atoms with Crippen LogP contribution in [0.2, 0.25) is 0 Å². The van der Waals surface area contributed by atoms with E-state index in [1.54, 1.807) is 0 Å². The highest BCUT2D eigenvalue weighted by Crippen LogP contribution is 2.54. The fraction of sp³-hybridized carbons (Fsp3) is 0.846. The molecule has 34 heavy (non-hydrogen) atoms. The predicted octanol–water partition coefficient (Wildman–Crippen LogP) is 2.52. The first kappa shape index (κ1) is 27.1. The van der Waals surface area contributed by atoms with Gasteiger partial charge in [-0.15, -0.1) is 0 Å². The van der Waals surface area contributed by atoms with Gasteiger partial charge in [0.15, 0.2) is 0 Å². The molecule has 0 radical (unpaired) electrons. The largest absolute Gasteiger partial charge is 0.458 e. The number of hydrogen-bond donors (Lipinski definition) is 3. The first-order valence-corrected chi connectivity index (χ1v) is 12.6. The molecule has 194 valence electrons. The molecule has 0 spiro atoms. The number of fused-ring (bicyclic) bond motifs is 4. The third-order valence-electron chi connectivity index (χ3n) is 8.31. The van der Waals surface area contributed by atoms with Gasteiger partial charge in [0, 0.05) is 25.2 Å². The van der Waals surface area contributed by atoms with E-state index in [9.17, 15) is 24.9 Å². The summed E-state index contributed by atoms with van der Waals surface area (Å²) >= 11 is 0. The predicted molar refractivity (Wildman–Crippen MR) is 125 cm³/mol. The molecule has 0 aromatic rings. The molecule has 2 aliphatic heterocycles. The minimum atomic E-state index is -1.74. The van der Waals surface area contributed by atoms with Gasteiger partial charge in [0.1, 0.15) is 29.5 Å². The Labute approximate surface area is 202 Å². The maximum atomic E-state index is 12.6. The van der Waals surface area contributed by atoms with Crippen molar-refractivity contribution in [3.8, 4) is 0 Å². The number of carbonyl (C=O) groups is 2. The van der Waals surface area contributed by atoms with Crippen LogP contribution in [0.3, 0.4) is 0 Å². The van der Waals surface area contributed by atoms with E-state index < -0.39 is 53.6 Å². The second kappa shape index (κ2) is 9.88. The quantitative estimate of drug-likeness (QED) is 0.404. The third-order valence-corrected chi connectivity index (χ3v) is 8.31. The Morgan fingerprint density at radius 1 is 1.26 bits per heavy atom. The van der Waals surface area contributed by atoms with Crippen molar-refractivity contribution >= 4 is 11.9 Å². The van der Waals surface area contributed by atoms with Gasteiger partial charge in [0.2, 0.25) is 0 Å². The number of aliphatic hydroxyl groups excluding tert-OH is 2. The second-order valence-corrected chi connectivity index (χ2v) is 11.2. The molecule has 0 aromatic heterocycles. The summed E-state index contributed by atoms with van der Waals surface area (Å²) in [6.45, 7) is 14.9. The Kier molecular flexibility index (Phi) is 7.88. The Bertz CT molecular complexity index is 792. The number of rotatable bonds is 5. The molecular formula is C26H42O8. The minimum absolute atomic E-state index is 0.0855. The molecule has 8 heteroatoms. The van der Waals surface area contributed by atoms with E-state index >= 15 is 0 Å². The first-order valence-electron chi connectivity index (χ1n) is 12.6. The van der Waals surface area contributed by atoms with Crippen LogP contribution in [0.1, 0.15) is 73.6 Å². The lowest BCUT2D eigenvalue weighted by atomic mass is 9.56. The summed E-state index contributed by atoms with van der Waals surface area (Å²) in [5, 5.41) is 33.8. The van der Waals surface area contributed by atoms with E-state index in [0.29, 0.717) is 31.3 Å². The number of ether oxygens (including phenoxy) is 3. The third kappa shape index (κ3) is 4.79. The minimum Gasteiger partial charge on any atom is -0.458 e. The van der Waals surface area contributed by atoms with Crippen molar-refractivity contribution in [2.45, 2.75) is 115 Å². The zero-order valence-corrected chi connectivity index (χ0v) is 21.3. The highest BCUT2D eigenvalue weighted by atomic mass is 16.6. The summed E-state index contributed by atoms with van der Waals surface area (Å²) in [6.07, 6.45) is -2.65. The van der Waals surface area contributed by atoms with Crippen molar-refractivity contribution in [2.75, 3.05) is 0 Å². The van der Waals surface area contributed by atoms with Crippen LogP contribution in [0.25, 0.3) is 0 Å². The molecule has 1 aliphatic carbocycles. The van der Waals surface area contributed by atoms with Crippen LogP contribution in [-0.2, 0) is 23.8 Å². The van der Waals surface area contributed by atoms with Crippen LogP contribution in [0.15, 0.2) is 12.2 Å². The summed E-state index contributed by atoms with van der Waals surface area (Å²) in [6, 6.07) is 0. The summed E-state index contributed by atoms with van der Waals surface area (Å²) in [5.41, 5.74) is -2.24. The van der Waals surface area contributed by atoms with Crippen LogP contribution in [-0.4, -0.2) is 69.0 Å². The molecule has 0 unspecified atom stereocenters. The van der Waals surface area contributed by atoms with E-state index in [-0.39, 0.29) is 30.1 Å². The fourth-order valence-corrected chi connectivity index (χ4v) is 6.42. The molecule has 1 saturated carbocycles. The lowest BCUT2D eigenvalue weighted by Gasteiger charge is -2.59. The maximum absolute atomic E-state index is 12.6. The molecule has 2 heterocycles. The lowest BCUT2D eigenvalue weighted by molar-refractivity contribution is -0.292. The molecular weight excluding hydrogens is 440 g/mol. The zero-order valence-electron chi connectivity index (χ0n) is 21.3. The van der Waals surface area contributed by atoms with E-state index in [1.165, 1.54) is 13.8 Å². The number of aliphatic hydroxyl groups is 3. The Morgan fingerprint density at radius 2 is 1.91 bits per heavy atom. The molecule has 3 fully saturated rings. The van der Waals surface area contributed by atoms with Gasteiger partial charge in [-0.05, 0) is 56.9 Å². The lowest BCUT2D eigenvalue weighted by Crippen LogP contribution is -2.69. The van der Waals surface area contributed by atoms with Gasteiger partial charge in [-0.2, -0.15) is 0 Å². The van der Waals surface area contributed by atoms with Crippen molar-refractivity contribution in [3.63, 3.8) is 0 Å². The van der Waals surface area contributed by atoms with Crippen molar-refractivity contribution < 1.29 is 39.1 Å². The van der Waals surface area contributed by atoms with E-state index in [4.69, 9.17) is 14.2 Å². The summed E-state index contributed by atoms with van der Waals surface area (Å²) in [7, 11) is 0. The molecule has 8 nitrogen and oxygen atoms in total. The van der Waals surface area contributed by atoms with E-state index in [0.717, 1.165) is 0 Å². The van der Waals surface area contributed by atoms with E-state index in [1.807, 2.05) is 13.8 Å². The normalized spacial score (nSPS) is 44.6. The van der Waals surface area contributed by atoms with Crippen LogP contribution in [0, 0.1) is 23.7 Å². The van der Waals surface area contributed by atoms with E-state index in [2.05, 4.69) is 20.4 Å². The van der Waals surface area contributed by atoms with Crippen molar-refractivity contribution in [1.82, 2.24) is 0 Å². The Balaban J connectivity index is 2.14. The molecule has 10 atom stereocenters. The molecule has 3 rings (SSSR count). The van der Waals surface area contributed by atoms with Gasteiger partial charge in [-0.1, -0.05) is 27.4 Å². The highest BCUT2D eigenvalue weighted by molar-refractivity contribution is 5.70. The van der Waals surface area contributed by atoms with Crippen molar-refractivity contribution in [3.05, 3.63) is 12.2 Å². The highest BCUT2D eigenvalue weighted by Gasteiger charge is 2.62. The fourth-order valence-electron chi connectivity index (χ4n) is 6.42. The zero-order chi connectivity index (χ0) is 25.6. The number of esters is 2. The standard InChI is InChI=1S/C26H42O8/c1-8-9-19(28)34-25(6)11-10-18-26(7,31)23(30)22(29)20-14(4)17(32-15(5)27)12-16(13(2)3)21(20)24(25)33-18/h13,16-18,20-24,29-31H,4,8-12H2,1-3,5-7H3/t16-,17+,18+,20+,21-,22-,23+,24-,25-,26+/m1/s1. The van der Waals surface area contributed by atoms with Gasteiger partial charge < -0.3 is 29.5 Å². The van der Waals surface area contributed by atoms with Gasteiger partial charge in [-0.3, -0.25) is 9.59 Å². The van der Waals surface area contributed by atoms with Gasteiger partial charge >= 0.3 is 11.9 Å². The number of hydrogen-bond acceptors (Lipinski definition) is 8.